The fourth-order valence-electron chi connectivity index (χ4n) is 2.55. The molecule has 2 rings (SSSR count). The highest BCUT2D eigenvalue weighted by Gasteiger charge is 2.35. The summed E-state index contributed by atoms with van der Waals surface area (Å²) in [5.41, 5.74) is 2.70. The van der Waals surface area contributed by atoms with Gasteiger partial charge >= 0.3 is 0 Å². The first-order valence-electron chi connectivity index (χ1n) is 6.64. The molecule has 0 spiro atoms. The molecule has 2 atom stereocenters. The van der Waals surface area contributed by atoms with Crippen LogP contribution in [0.15, 0.2) is 4.99 Å². The predicted molar refractivity (Wildman–Crippen MR) is 67.0 cm³/mol. The standard InChI is InChI=1S/C12H24N4/c1-2-9-8-11(9)15-12(16-13)14-10-6-4-3-5-7-10/h9-11H,2-8,13H2,1H3,(H2,14,15,16). The normalized spacial score (nSPS) is 31.2. The summed E-state index contributed by atoms with van der Waals surface area (Å²) in [6.45, 7) is 2.23. The number of nitrogens with zero attached hydrogens (tertiary/aromatic N) is 1. The predicted octanol–water partition coefficient (Wildman–Crippen LogP) is 1.53. The molecule has 0 saturated heterocycles. The molecule has 0 aromatic heterocycles. The fraction of sp³-hybridized carbons (Fsp3) is 0.917. The molecule has 0 aromatic carbocycles. The molecule has 0 radical (unpaired) electrons. The van der Waals surface area contributed by atoms with E-state index in [1.54, 1.807) is 0 Å². The van der Waals surface area contributed by atoms with Gasteiger partial charge in [-0.1, -0.05) is 32.6 Å². The van der Waals surface area contributed by atoms with Crippen molar-refractivity contribution in [3.8, 4) is 0 Å². The van der Waals surface area contributed by atoms with E-state index in [2.05, 4.69) is 22.7 Å². The third-order valence-corrected chi connectivity index (χ3v) is 3.79. The van der Waals surface area contributed by atoms with Crippen LogP contribution in [0.1, 0.15) is 51.9 Å². The summed E-state index contributed by atoms with van der Waals surface area (Å²) in [5, 5.41) is 3.44. The molecule has 0 aromatic rings. The third kappa shape index (κ3) is 3.11. The Morgan fingerprint density at radius 2 is 2.06 bits per heavy atom. The Morgan fingerprint density at radius 3 is 2.62 bits per heavy atom. The molecule has 4 heteroatoms. The largest absolute Gasteiger partial charge is 0.353 e. The molecule has 2 fully saturated rings. The van der Waals surface area contributed by atoms with Crippen molar-refractivity contribution in [1.29, 1.82) is 0 Å². The number of nitrogens with two attached hydrogens (primary N) is 1. The highest BCUT2D eigenvalue weighted by atomic mass is 15.3. The molecule has 4 nitrogen and oxygen atoms in total. The van der Waals surface area contributed by atoms with Gasteiger partial charge < -0.3 is 5.32 Å². The van der Waals surface area contributed by atoms with E-state index in [1.165, 1.54) is 44.9 Å². The van der Waals surface area contributed by atoms with Crippen molar-refractivity contribution in [1.82, 2.24) is 10.7 Å². The van der Waals surface area contributed by atoms with Crippen LogP contribution in [-0.4, -0.2) is 18.0 Å². The molecule has 2 aliphatic rings. The quantitative estimate of drug-likeness (QED) is 0.295. The van der Waals surface area contributed by atoms with E-state index in [0.717, 1.165) is 11.9 Å². The van der Waals surface area contributed by atoms with Gasteiger partial charge in [0.25, 0.3) is 0 Å². The van der Waals surface area contributed by atoms with Crippen LogP contribution in [0.25, 0.3) is 0 Å². The van der Waals surface area contributed by atoms with Crippen LogP contribution in [0.2, 0.25) is 0 Å². The van der Waals surface area contributed by atoms with Crippen molar-refractivity contribution in [3.05, 3.63) is 0 Å². The van der Waals surface area contributed by atoms with Crippen molar-refractivity contribution in [2.24, 2.45) is 16.8 Å². The Morgan fingerprint density at radius 1 is 1.31 bits per heavy atom. The minimum atomic E-state index is 0.507. The van der Waals surface area contributed by atoms with Gasteiger partial charge in [0.2, 0.25) is 5.96 Å². The Labute approximate surface area is 98.0 Å². The summed E-state index contributed by atoms with van der Waals surface area (Å²) in [4.78, 5) is 4.62. The van der Waals surface area contributed by atoms with Crippen LogP contribution in [0.3, 0.4) is 0 Å². The number of rotatable bonds is 3. The second-order valence-corrected chi connectivity index (χ2v) is 5.07. The average Bonchev–Trinajstić information content (AvgIpc) is 3.08. The molecule has 4 N–H and O–H groups in total. The molecule has 2 saturated carbocycles. The fourth-order valence-corrected chi connectivity index (χ4v) is 2.55. The summed E-state index contributed by atoms with van der Waals surface area (Å²) < 4.78 is 0. The van der Waals surface area contributed by atoms with Crippen LogP contribution in [0, 0.1) is 5.92 Å². The van der Waals surface area contributed by atoms with Gasteiger partial charge in [-0.05, 0) is 25.2 Å². The molecule has 2 unspecified atom stereocenters. The molecular formula is C12H24N4. The summed E-state index contributed by atoms with van der Waals surface area (Å²) in [6.07, 6.45) is 9.00. The number of nitrogens with one attached hydrogen (secondary N) is 2. The number of hydrogen-bond donors (Lipinski definition) is 3. The molecule has 2 aliphatic carbocycles. The lowest BCUT2D eigenvalue weighted by Crippen LogP contribution is -2.47. The Kier molecular flexibility index (Phi) is 4.04. The van der Waals surface area contributed by atoms with Crippen molar-refractivity contribution in [3.63, 3.8) is 0 Å². The monoisotopic (exact) mass is 224 g/mol. The van der Waals surface area contributed by atoms with Crippen molar-refractivity contribution in [2.75, 3.05) is 0 Å². The third-order valence-electron chi connectivity index (χ3n) is 3.79. The maximum absolute atomic E-state index is 5.51. The lowest BCUT2D eigenvalue weighted by atomic mass is 9.96. The summed E-state index contributed by atoms with van der Waals surface area (Å²) in [5.74, 6) is 7.10. The summed E-state index contributed by atoms with van der Waals surface area (Å²) in [6, 6.07) is 1.08. The van der Waals surface area contributed by atoms with Gasteiger partial charge in [0.1, 0.15) is 0 Å². The molecule has 0 bridgehead atoms. The molecule has 92 valence electrons. The Hall–Kier alpha value is -0.770. The van der Waals surface area contributed by atoms with Gasteiger partial charge in [-0.25, -0.2) is 10.8 Å². The first kappa shape index (κ1) is 11.7. The summed E-state index contributed by atoms with van der Waals surface area (Å²) >= 11 is 0. The Balaban J connectivity index is 1.80. The van der Waals surface area contributed by atoms with Gasteiger partial charge in [0.15, 0.2) is 0 Å². The zero-order valence-electron chi connectivity index (χ0n) is 10.2. The highest BCUT2D eigenvalue weighted by Crippen LogP contribution is 2.36. The number of guanidine groups is 1. The minimum Gasteiger partial charge on any atom is -0.353 e. The lowest BCUT2D eigenvalue weighted by molar-refractivity contribution is 0.410. The van der Waals surface area contributed by atoms with E-state index in [-0.39, 0.29) is 0 Å². The van der Waals surface area contributed by atoms with Crippen molar-refractivity contribution >= 4 is 5.96 Å². The van der Waals surface area contributed by atoms with Crippen molar-refractivity contribution < 1.29 is 0 Å². The van der Waals surface area contributed by atoms with Gasteiger partial charge in [-0.15, -0.1) is 0 Å². The zero-order valence-corrected chi connectivity index (χ0v) is 10.2. The smallest absolute Gasteiger partial charge is 0.206 e. The van der Waals surface area contributed by atoms with Crippen LogP contribution >= 0.6 is 0 Å². The molecular weight excluding hydrogens is 200 g/mol. The van der Waals surface area contributed by atoms with Gasteiger partial charge in [0, 0.05) is 6.04 Å². The SMILES string of the molecule is CCC1CC1N=C(NN)NC1CCCCC1. The van der Waals surface area contributed by atoms with Crippen molar-refractivity contribution in [2.45, 2.75) is 64.0 Å². The first-order valence-corrected chi connectivity index (χ1v) is 6.64. The van der Waals surface area contributed by atoms with E-state index in [4.69, 9.17) is 5.84 Å². The number of aliphatic imine (C=N–C) groups is 1. The van der Waals surface area contributed by atoms with Gasteiger partial charge in [-0.3, -0.25) is 5.43 Å². The van der Waals surface area contributed by atoms with E-state index < -0.39 is 0 Å². The molecule has 0 amide bonds. The topological polar surface area (TPSA) is 62.4 Å². The second kappa shape index (κ2) is 5.53. The number of hydrogen-bond acceptors (Lipinski definition) is 2. The highest BCUT2D eigenvalue weighted by molar-refractivity contribution is 5.79. The Bertz CT molecular complexity index is 245. The van der Waals surface area contributed by atoms with Gasteiger partial charge in [0.05, 0.1) is 6.04 Å². The van der Waals surface area contributed by atoms with E-state index in [9.17, 15) is 0 Å². The van der Waals surface area contributed by atoms with E-state index >= 15 is 0 Å². The maximum Gasteiger partial charge on any atom is 0.206 e. The van der Waals surface area contributed by atoms with Crippen LogP contribution in [0.4, 0.5) is 0 Å². The maximum atomic E-state index is 5.51. The molecule has 16 heavy (non-hydrogen) atoms. The second-order valence-electron chi connectivity index (χ2n) is 5.07. The van der Waals surface area contributed by atoms with Crippen LogP contribution in [0.5, 0.6) is 0 Å². The first-order chi connectivity index (χ1) is 7.83. The number of hydrazine groups is 1. The molecule has 0 heterocycles. The van der Waals surface area contributed by atoms with Gasteiger partial charge in [-0.2, -0.15) is 0 Å². The minimum absolute atomic E-state index is 0.507. The van der Waals surface area contributed by atoms with E-state index in [0.29, 0.717) is 12.1 Å². The van der Waals surface area contributed by atoms with Crippen LogP contribution in [-0.2, 0) is 0 Å². The molecule has 0 aliphatic heterocycles. The zero-order chi connectivity index (χ0) is 11.4. The average molecular weight is 224 g/mol. The summed E-state index contributed by atoms with van der Waals surface area (Å²) in [7, 11) is 0. The van der Waals surface area contributed by atoms with Crippen LogP contribution < -0.4 is 16.6 Å². The van der Waals surface area contributed by atoms with E-state index in [1.807, 2.05) is 0 Å². The lowest BCUT2D eigenvalue weighted by Gasteiger charge is -2.24.